The van der Waals surface area contributed by atoms with Gasteiger partial charge in [-0.3, -0.25) is 13.9 Å². The highest BCUT2D eigenvalue weighted by molar-refractivity contribution is 7.92. The number of hydrogen-bond donors (Lipinski definition) is 1. The van der Waals surface area contributed by atoms with Crippen LogP contribution in [0.4, 0.5) is 14.5 Å². The molecule has 4 aromatic carbocycles. The van der Waals surface area contributed by atoms with Crippen molar-refractivity contribution in [2.75, 3.05) is 17.4 Å². The largest absolute Gasteiger partial charge is 0.354 e. The Bertz CT molecular complexity index is 1670. The third kappa shape index (κ3) is 8.08. The van der Waals surface area contributed by atoms with Gasteiger partial charge in [0.25, 0.3) is 10.0 Å². The van der Waals surface area contributed by atoms with E-state index in [0.29, 0.717) is 13.0 Å². The van der Waals surface area contributed by atoms with Gasteiger partial charge in [-0.15, -0.1) is 0 Å². The Morgan fingerprint density at radius 3 is 2.11 bits per heavy atom. The fraction of sp³-hybridized carbons (Fsp3) is 0.235. The van der Waals surface area contributed by atoms with Crippen LogP contribution < -0.4 is 9.62 Å². The number of aryl methyl sites for hydroxylation is 1. The van der Waals surface area contributed by atoms with Crippen LogP contribution in [0.5, 0.6) is 0 Å². The van der Waals surface area contributed by atoms with Gasteiger partial charge in [0.15, 0.2) is 0 Å². The molecule has 0 saturated carbocycles. The van der Waals surface area contributed by atoms with Gasteiger partial charge < -0.3 is 10.2 Å². The number of carbonyl (C=O) groups is 2. The number of halogens is 2. The fourth-order valence-electron chi connectivity index (χ4n) is 4.70. The number of nitrogens with one attached hydrogen (secondary N) is 1. The highest BCUT2D eigenvalue weighted by atomic mass is 32.2. The van der Waals surface area contributed by atoms with E-state index in [2.05, 4.69) is 5.32 Å². The summed E-state index contributed by atoms with van der Waals surface area (Å²) in [5, 5.41) is 2.84. The third-order valence-electron chi connectivity index (χ3n) is 7.12. The Kier molecular flexibility index (Phi) is 10.8. The van der Waals surface area contributed by atoms with Crippen LogP contribution in [0.2, 0.25) is 0 Å². The van der Waals surface area contributed by atoms with Crippen LogP contribution in [0.15, 0.2) is 108 Å². The lowest BCUT2D eigenvalue weighted by Gasteiger charge is -2.34. The Morgan fingerprint density at radius 1 is 0.841 bits per heavy atom. The zero-order chi connectivity index (χ0) is 31.7. The molecule has 0 heterocycles. The van der Waals surface area contributed by atoms with Gasteiger partial charge in [-0.1, -0.05) is 73.2 Å². The summed E-state index contributed by atoms with van der Waals surface area (Å²) in [5.74, 6) is -2.33. The molecule has 2 amide bonds. The van der Waals surface area contributed by atoms with Crippen molar-refractivity contribution in [3.8, 4) is 0 Å². The van der Waals surface area contributed by atoms with Crippen molar-refractivity contribution in [1.29, 1.82) is 0 Å². The normalized spacial score (nSPS) is 11.9. The maximum Gasteiger partial charge on any atom is 0.264 e. The van der Waals surface area contributed by atoms with Crippen molar-refractivity contribution in [3.05, 3.63) is 131 Å². The minimum Gasteiger partial charge on any atom is -0.354 e. The zero-order valence-electron chi connectivity index (χ0n) is 24.6. The summed E-state index contributed by atoms with van der Waals surface area (Å²) in [6.07, 6.45) is 0.760. The molecule has 4 aromatic rings. The second kappa shape index (κ2) is 14.7. The molecule has 0 spiro atoms. The van der Waals surface area contributed by atoms with Gasteiger partial charge in [0.2, 0.25) is 11.8 Å². The van der Waals surface area contributed by atoms with Crippen molar-refractivity contribution in [2.45, 2.75) is 44.2 Å². The maximum atomic E-state index is 14.9. The summed E-state index contributed by atoms with van der Waals surface area (Å²) < 4.78 is 57.6. The number of benzene rings is 4. The molecular formula is C34H35F2N3O4S. The van der Waals surface area contributed by atoms with Crippen LogP contribution in [0.25, 0.3) is 0 Å². The number of rotatable bonds is 13. The Hall–Kier alpha value is -4.57. The van der Waals surface area contributed by atoms with Gasteiger partial charge >= 0.3 is 0 Å². The molecule has 1 N–H and O–H groups in total. The first-order chi connectivity index (χ1) is 21.1. The monoisotopic (exact) mass is 619 g/mol. The molecule has 230 valence electrons. The molecule has 0 aliphatic rings. The predicted molar refractivity (Wildman–Crippen MR) is 166 cm³/mol. The minimum atomic E-state index is -4.32. The van der Waals surface area contributed by atoms with E-state index in [1.807, 2.05) is 44.2 Å². The zero-order valence-corrected chi connectivity index (χ0v) is 25.4. The summed E-state index contributed by atoms with van der Waals surface area (Å²) in [5.41, 5.74) is 1.82. The lowest BCUT2D eigenvalue weighted by molar-refractivity contribution is -0.140. The molecule has 0 aliphatic carbocycles. The summed E-state index contributed by atoms with van der Waals surface area (Å²) >= 11 is 0. The fourth-order valence-corrected chi connectivity index (χ4v) is 6.12. The van der Waals surface area contributed by atoms with Crippen molar-refractivity contribution in [3.63, 3.8) is 0 Å². The van der Waals surface area contributed by atoms with Crippen molar-refractivity contribution < 1.29 is 26.8 Å². The molecule has 1 atom stereocenters. The quantitative estimate of drug-likeness (QED) is 0.210. The van der Waals surface area contributed by atoms with E-state index < -0.39 is 46.1 Å². The predicted octanol–water partition coefficient (Wildman–Crippen LogP) is 5.63. The first-order valence-corrected chi connectivity index (χ1v) is 15.7. The molecule has 4 rings (SSSR count). The van der Waals surface area contributed by atoms with Gasteiger partial charge in [0.05, 0.1) is 10.6 Å². The molecule has 0 unspecified atom stereocenters. The molecule has 44 heavy (non-hydrogen) atoms. The lowest BCUT2D eigenvalue weighted by Crippen LogP contribution is -2.53. The molecule has 0 radical (unpaired) electrons. The number of carbonyl (C=O) groups excluding carboxylic acids is 2. The second-order valence-electron chi connectivity index (χ2n) is 10.4. The summed E-state index contributed by atoms with van der Waals surface area (Å²) in [6.45, 7) is 3.06. The Labute approximate surface area is 257 Å². The van der Waals surface area contributed by atoms with Gasteiger partial charge in [-0.25, -0.2) is 17.2 Å². The highest BCUT2D eigenvalue weighted by Crippen LogP contribution is 2.26. The Morgan fingerprint density at radius 2 is 1.48 bits per heavy atom. The van der Waals surface area contributed by atoms with E-state index in [1.165, 1.54) is 47.4 Å². The van der Waals surface area contributed by atoms with E-state index in [4.69, 9.17) is 0 Å². The van der Waals surface area contributed by atoms with Crippen molar-refractivity contribution in [1.82, 2.24) is 10.2 Å². The van der Waals surface area contributed by atoms with Crippen LogP contribution in [0.1, 0.15) is 30.0 Å². The van der Waals surface area contributed by atoms with Crippen LogP contribution in [0.3, 0.4) is 0 Å². The summed E-state index contributed by atoms with van der Waals surface area (Å²) in [4.78, 5) is 29.0. The van der Waals surface area contributed by atoms with Gasteiger partial charge in [-0.05, 0) is 61.4 Å². The second-order valence-corrected chi connectivity index (χ2v) is 12.3. The molecule has 0 bridgehead atoms. The van der Waals surface area contributed by atoms with E-state index in [9.17, 15) is 26.8 Å². The average Bonchev–Trinajstić information content (AvgIpc) is 3.02. The van der Waals surface area contributed by atoms with Gasteiger partial charge in [-0.2, -0.15) is 0 Å². The molecule has 0 fully saturated rings. The minimum absolute atomic E-state index is 0.0567. The van der Waals surface area contributed by atoms with Crippen molar-refractivity contribution in [2.24, 2.45) is 0 Å². The van der Waals surface area contributed by atoms with Crippen LogP contribution in [0, 0.1) is 18.6 Å². The van der Waals surface area contributed by atoms with Crippen LogP contribution in [-0.2, 0) is 32.6 Å². The number of anilines is 1. The van der Waals surface area contributed by atoms with E-state index in [-0.39, 0.29) is 29.1 Å². The molecular weight excluding hydrogens is 584 g/mol. The van der Waals surface area contributed by atoms with E-state index >= 15 is 0 Å². The first-order valence-electron chi connectivity index (χ1n) is 14.3. The number of sulfonamides is 1. The maximum absolute atomic E-state index is 14.9. The molecule has 10 heteroatoms. The van der Waals surface area contributed by atoms with Crippen LogP contribution >= 0.6 is 0 Å². The summed E-state index contributed by atoms with van der Waals surface area (Å²) in [6, 6.07) is 24.8. The molecule has 0 aliphatic heterocycles. The number of hydrogen-bond acceptors (Lipinski definition) is 4. The lowest BCUT2D eigenvalue weighted by atomic mass is 10.0. The summed E-state index contributed by atoms with van der Waals surface area (Å²) in [7, 11) is -4.32. The average molecular weight is 620 g/mol. The number of amides is 2. The smallest absolute Gasteiger partial charge is 0.264 e. The Balaban J connectivity index is 1.80. The molecule has 0 saturated heterocycles. The van der Waals surface area contributed by atoms with Gasteiger partial charge in [0.1, 0.15) is 24.2 Å². The van der Waals surface area contributed by atoms with Crippen LogP contribution in [-0.4, -0.2) is 44.3 Å². The van der Waals surface area contributed by atoms with E-state index in [0.717, 1.165) is 27.6 Å². The first kappa shape index (κ1) is 32.3. The molecule has 7 nitrogen and oxygen atoms in total. The standard InChI is InChI=1S/C34H35F2N3O4S/c1-3-21-37-34(41)32(22-26-9-5-4-6-10-26)38(23-27-11-7-8-12-31(27)36)33(40)24-39(29-17-15-28(35)16-18-29)44(42,43)30-19-13-25(2)14-20-30/h4-20,32H,3,21-24H2,1-2H3,(H,37,41)/t32-/m0/s1. The number of nitrogens with zero attached hydrogens (tertiary/aromatic N) is 2. The SMILES string of the molecule is CCCNC(=O)[C@H](Cc1ccccc1)N(Cc1ccccc1F)C(=O)CN(c1ccc(F)cc1)S(=O)(=O)c1ccc(C)cc1. The van der Waals surface area contributed by atoms with E-state index in [1.54, 1.807) is 18.2 Å². The topological polar surface area (TPSA) is 86.8 Å². The van der Waals surface area contributed by atoms with Gasteiger partial charge in [0, 0.05) is 25.1 Å². The highest BCUT2D eigenvalue weighted by Gasteiger charge is 2.35. The third-order valence-corrected chi connectivity index (χ3v) is 8.91. The molecule has 0 aromatic heterocycles. The van der Waals surface area contributed by atoms with Crippen molar-refractivity contribution >= 4 is 27.5 Å².